The van der Waals surface area contributed by atoms with E-state index in [4.69, 9.17) is 10.5 Å². The standard InChI is InChI=1S/C35H34N6O7S/c1-35(2)34(45)41(4)28-15-21(49(5,46)47)14-23(30(28)48-35)24-18-40(3)33(44)29-22(24)16-27(38-29)32(43)37-17-19-10-12-20(13-11-19)31(42)39-26-9-7-6-8-25(26)36/h6-16,18,38H,17,36H2,1-5H3,(H,37,43)(H,39,42). The fourth-order valence-electron chi connectivity index (χ4n) is 5.70. The lowest BCUT2D eigenvalue weighted by atomic mass is 9.97. The van der Waals surface area contributed by atoms with E-state index in [1.807, 2.05) is 0 Å². The zero-order valence-electron chi connectivity index (χ0n) is 27.4. The summed E-state index contributed by atoms with van der Waals surface area (Å²) in [5.41, 5.74) is 7.54. The Balaban J connectivity index is 1.31. The van der Waals surface area contributed by atoms with Crippen LogP contribution in [-0.4, -0.2) is 54.6 Å². The molecule has 2 aromatic heterocycles. The van der Waals surface area contributed by atoms with Crippen molar-refractivity contribution in [2.45, 2.75) is 30.9 Å². The molecule has 0 aliphatic carbocycles. The minimum absolute atomic E-state index is 0.0487. The van der Waals surface area contributed by atoms with E-state index in [9.17, 15) is 27.6 Å². The van der Waals surface area contributed by atoms with Gasteiger partial charge in [0.15, 0.2) is 21.2 Å². The molecule has 0 saturated heterocycles. The second-order valence-electron chi connectivity index (χ2n) is 12.4. The van der Waals surface area contributed by atoms with Crippen molar-refractivity contribution in [3.05, 3.63) is 100 Å². The lowest BCUT2D eigenvalue weighted by Gasteiger charge is -2.38. The monoisotopic (exact) mass is 682 g/mol. The molecular weight excluding hydrogens is 648 g/mol. The number of ether oxygens (including phenoxy) is 1. The second kappa shape index (κ2) is 12.0. The third-order valence-corrected chi connectivity index (χ3v) is 9.48. The number of likely N-dealkylation sites (N-methyl/N-ethyl adjacent to an activating group) is 1. The molecule has 5 aromatic rings. The van der Waals surface area contributed by atoms with Crippen LogP contribution in [0.2, 0.25) is 0 Å². The number of nitrogens with zero attached hydrogens (tertiary/aromatic N) is 2. The number of aromatic amines is 1. The molecule has 49 heavy (non-hydrogen) atoms. The predicted octanol–water partition coefficient (Wildman–Crippen LogP) is 3.84. The molecule has 3 heterocycles. The van der Waals surface area contributed by atoms with E-state index < -0.39 is 26.9 Å². The van der Waals surface area contributed by atoms with Gasteiger partial charge in [0.1, 0.15) is 11.2 Å². The average molecular weight is 683 g/mol. The van der Waals surface area contributed by atoms with Crippen molar-refractivity contribution in [3.8, 4) is 16.9 Å². The van der Waals surface area contributed by atoms with Gasteiger partial charge in [0.25, 0.3) is 23.3 Å². The normalized spacial score (nSPS) is 13.9. The minimum Gasteiger partial charge on any atom is -0.475 e. The Morgan fingerprint density at radius 3 is 2.33 bits per heavy atom. The van der Waals surface area contributed by atoms with E-state index in [2.05, 4.69) is 15.6 Å². The lowest BCUT2D eigenvalue weighted by Crippen LogP contribution is -2.51. The second-order valence-corrected chi connectivity index (χ2v) is 14.4. The number of aromatic nitrogens is 2. The molecule has 0 bridgehead atoms. The van der Waals surface area contributed by atoms with E-state index in [-0.39, 0.29) is 45.9 Å². The van der Waals surface area contributed by atoms with Crippen molar-refractivity contribution in [2.75, 3.05) is 29.3 Å². The summed E-state index contributed by atoms with van der Waals surface area (Å²) < 4.78 is 33.0. The van der Waals surface area contributed by atoms with Gasteiger partial charge in [-0.15, -0.1) is 0 Å². The molecule has 5 N–H and O–H groups in total. The molecule has 0 spiro atoms. The number of hydrogen-bond donors (Lipinski definition) is 4. The predicted molar refractivity (Wildman–Crippen MR) is 187 cm³/mol. The summed E-state index contributed by atoms with van der Waals surface area (Å²) in [4.78, 5) is 56.5. The first-order chi connectivity index (χ1) is 23.0. The highest BCUT2D eigenvalue weighted by atomic mass is 32.2. The van der Waals surface area contributed by atoms with Crippen LogP contribution >= 0.6 is 0 Å². The Morgan fingerprint density at radius 2 is 1.65 bits per heavy atom. The summed E-state index contributed by atoms with van der Waals surface area (Å²) in [5, 5.41) is 5.95. The Morgan fingerprint density at radius 1 is 0.959 bits per heavy atom. The number of carbonyl (C=O) groups excluding carboxylic acids is 3. The molecule has 13 nitrogen and oxygen atoms in total. The van der Waals surface area contributed by atoms with E-state index >= 15 is 0 Å². The van der Waals surface area contributed by atoms with Crippen LogP contribution in [0.3, 0.4) is 0 Å². The molecule has 14 heteroatoms. The zero-order chi connectivity index (χ0) is 35.4. The third-order valence-electron chi connectivity index (χ3n) is 8.39. The highest BCUT2D eigenvalue weighted by Crippen LogP contribution is 2.47. The highest BCUT2D eigenvalue weighted by Gasteiger charge is 2.41. The van der Waals surface area contributed by atoms with E-state index in [0.717, 1.165) is 11.8 Å². The van der Waals surface area contributed by atoms with Crippen LogP contribution in [0.5, 0.6) is 5.75 Å². The maximum absolute atomic E-state index is 13.3. The number of carbonyl (C=O) groups is 3. The fourth-order valence-corrected chi connectivity index (χ4v) is 6.36. The number of rotatable bonds is 7. The number of aryl methyl sites for hydroxylation is 1. The van der Waals surface area contributed by atoms with E-state index in [1.54, 1.807) is 75.6 Å². The number of fused-ring (bicyclic) bond motifs is 2. The van der Waals surface area contributed by atoms with Crippen molar-refractivity contribution in [2.24, 2.45) is 7.05 Å². The summed E-state index contributed by atoms with van der Waals surface area (Å²) in [5.74, 6) is -0.936. The van der Waals surface area contributed by atoms with Gasteiger partial charge in [-0.25, -0.2) is 8.42 Å². The van der Waals surface area contributed by atoms with Crippen LogP contribution in [0.4, 0.5) is 17.1 Å². The summed E-state index contributed by atoms with van der Waals surface area (Å²) in [7, 11) is -0.654. The van der Waals surface area contributed by atoms with Gasteiger partial charge >= 0.3 is 0 Å². The quantitative estimate of drug-likeness (QED) is 0.187. The van der Waals surface area contributed by atoms with Crippen LogP contribution in [0.15, 0.2) is 82.6 Å². The zero-order valence-corrected chi connectivity index (χ0v) is 28.2. The topological polar surface area (TPSA) is 186 Å². The number of sulfone groups is 1. The van der Waals surface area contributed by atoms with E-state index in [0.29, 0.717) is 33.5 Å². The number of benzene rings is 3. The van der Waals surface area contributed by atoms with Crippen LogP contribution in [0.1, 0.15) is 40.3 Å². The van der Waals surface area contributed by atoms with Gasteiger partial charge in [-0.1, -0.05) is 24.3 Å². The van der Waals surface area contributed by atoms with Gasteiger partial charge in [0, 0.05) is 55.2 Å². The minimum atomic E-state index is -3.73. The molecule has 0 saturated carbocycles. The number of nitrogen functional groups attached to an aromatic ring is 1. The Hall–Kier alpha value is -5.89. The number of amides is 3. The van der Waals surface area contributed by atoms with Crippen LogP contribution in [-0.2, 0) is 28.2 Å². The van der Waals surface area contributed by atoms with Gasteiger partial charge in [-0.05, 0) is 61.9 Å². The van der Waals surface area contributed by atoms with Crippen molar-refractivity contribution < 1.29 is 27.5 Å². The van der Waals surface area contributed by atoms with Crippen molar-refractivity contribution in [1.82, 2.24) is 14.9 Å². The number of nitrogens with one attached hydrogen (secondary N) is 3. The largest absolute Gasteiger partial charge is 0.475 e. The van der Waals surface area contributed by atoms with Crippen molar-refractivity contribution in [3.63, 3.8) is 0 Å². The SMILES string of the molecule is CN1C(=O)C(C)(C)Oc2c(-c3cn(C)c(=O)c4[nH]c(C(=O)NCc5ccc(C(=O)Nc6ccccc6N)cc5)cc34)cc(S(C)(=O)=O)cc21. The summed E-state index contributed by atoms with van der Waals surface area (Å²) in [6.07, 6.45) is 2.60. The van der Waals surface area contributed by atoms with Crippen LogP contribution < -0.4 is 31.6 Å². The molecule has 3 amide bonds. The Kier molecular flexibility index (Phi) is 8.07. The Labute approximate surface area is 281 Å². The van der Waals surface area contributed by atoms with Crippen LogP contribution in [0.25, 0.3) is 22.0 Å². The number of anilines is 3. The van der Waals surface area contributed by atoms with Gasteiger partial charge in [0.05, 0.1) is 22.0 Å². The van der Waals surface area contributed by atoms with Gasteiger partial charge in [0.2, 0.25) is 0 Å². The first kappa shape index (κ1) is 33.0. The molecule has 0 radical (unpaired) electrons. The molecular formula is C35H34N6O7S. The number of H-pyrrole nitrogens is 1. The summed E-state index contributed by atoms with van der Waals surface area (Å²) in [6.45, 7) is 3.35. The van der Waals surface area contributed by atoms with Crippen molar-refractivity contribution >= 4 is 55.5 Å². The molecule has 0 atom stereocenters. The molecule has 252 valence electrons. The maximum atomic E-state index is 13.3. The molecule has 3 aromatic carbocycles. The summed E-state index contributed by atoms with van der Waals surface area (Å²) in [6, 6.07) is 18.0. The first-order valence-corrected chi connectivity index (χ1v) is 17.1. The number of hydrogen-bond acceptors (Lipinski definition) is 8. The van der Waals surface area contributed by atoms with Gasteiger partial charge in [-0.3, -0.25) is 19.2 Å². The number of pyridine rings is 1. The van der Waals surface area contributed by atoms with Gasteiger partial charge < -0.3 is 35.6 Å². The fraction of sp³-hybridized carbons (Fsp3) is 0.200. The molecule has 1 aliphatic heterocycles. The smallest absolute Gasteiger partial charge is 0.274 e. The molecule has 0 unspecified atom stereocenters. The van der Waals surface area contributed by atoms with Gasteiger partial charge in [-0.2, -0.15) is 0 Å². The van der Waals surface area contributed by atoms with Crippen LogP contribution in [0, 0.1) is 0 Å². The van der Waals surface area contributed by atoms with Crippen molar-refractivity contribution in [1.29, 1.82) is 0 Å². The lowest BCUT2D eigenvalue weighted by molar-refractivity contribution is -0.132. The van der Waals surface area contributed by atoms with E-state index in [1.165, 1.54) is 34.7 Å². The Bertz CT molecular complexity index is 2360. The average Bonchev–Trinajstić information content (AvgIpc) is 3.51. The highest BCUT2D eigenvalue weighted by molar-refractivity contribution is 7.90. The number of para-hydroxylation sites is 2. The summed E-state index contributed by atoms with van der Waals surface area (Å²) >= 11 is 0. The third kappa shape index (κ3) is 6.13. The number of nitrogens with two attached hydrogens (primary N) is 1. The molecule has 0 fully saturated rings. The molecule has 1 aliphatic rings. The maximum Gasteiger partial charge on any atom is 0.274 e. The molecule has 6 rings (SSSR count). The first-order valence-electron chi connectivity index (χ1n) is 15.2.